The van der Waals surface area contributed by atoms with Gasteiger partial charge in [-0.1, -0.05) is 0 Å². The molecule has 0 unspecified atom stereocenters. The van der Waals surface area contributed by atoms with Gasteiger partial charge in [-0.3, -0.25) is 0 Å². The van der Waals surface area contributed by atoms with Gasteiger partial charge in [0.05, 0.1) is 18.5 Å². The number of hydrogen-bond donors (Lipinski definition) is 2. The van der Waals surface area contributed by atoms with Gasteiger partial charge in [0.25, 0.3) is 0 Å². The second-order valence-corrected chi connectivity index (χ2v) is 2.60. The third-order valence-electron chi connectivity index (χ3n) is 1.69. The number of ether oxygens (including phenoxy) is 1. The molecule has 0 fully saturated rings. The van der Waals surface area contributed by atoms with Crippen LogP contribution < -0.4 is 15.8 Å². The van der Waals surface area contributed by atoms with Gasteiger partial charge in [-0.15, -0.1) is 0 Å². The number of anilines is 2. The van der Waals surface area contributed by atoms with Gasteiger partial charge in [0.15, 0.2) is 0 Å². The summed E-state index contributed by atoms with van der Waals surface area (Å²) < 4.78 is 18.1. The summed E-state index contributed by atoms with van der Waals surface area (Å²) in [5.41, 5.74) is 6.22. The molecule has 3 N–H and O–H groups in total. The molecule has 0 spiro atoms. The highest BCUT2D eigenvalue weighted by molar-refractivity contribution is 5.62. The van der Waals surface area contributed by atoms with E-state index in [2.05, 4.69) is 5.32 Å². The molecule has 0 aliphatic rings. The quantitative estimate of drug-likeness (QED) is 0.705. The van der Waals surface area contributed by atoms with Crippen molar-refractivity contribution in [3.8, 4) is 5.75 Å². The van der Waals surface area contributed by atoms with E-state index in [4.69, 9.17) is 10.5 Å². The summed E-state index contributed by atoms with van der Waals surface area (Å²) in [6, 6.07) is 2.80. The Morgan fingerprint density at radius 3 is 2.77 bits per heavy atom. The minimum Gasteiger partial charge on any atom is -0.495 e. The Kier molecular flexibility index (Phi) is 2.95. The summed E-state index contributed by atoms with van der Waals surface area (Å²) in [6.07, 6.45) is 0. The van der Waals surface area contributed by atoms with Gasteiger partial charge in [-0.2, -0.15) is 0 Å². The number of halogens is 1. The van der Waals surface area contributed by atoms with Gasteiger partial charge in [0.2, 0.25) is 0 Å². The minimum absolute atomic E-state index is 0.307. The van der Waals surface area contributed by atoms with E-state index in [0.717, 1.165) is 0 Å². The highest BCUT2D eigenvalue weighted by atomic mass is 19.1. The topological polar surface area (TPSA) is 47.3 Å². The van der Waals surface area contributed by atoms with Crippen LogP contribution >= 0.6 is 0 Å². The Morgan fingerprint density at radius 2 is 2.23 bits per heavy atom. The zero-order chi connectivity index (χ0) is 9.84. The van der Waals surface area contributed by atoms with E-state index in [1.165, 1.54) is 13.2 Å². The van der Waals surface area contributed by atoms with Gasteiger partial charge >= 0.3 is 0 Å². The van der Waals surface area contributed by atoms with Gasteiger partial charge in [0.1, 0.15) is 11.6 Å². The van der Waals surface area contributed by atoms with E-state index in [1.54, 1.807) is 6.07 Å². The molecule has 0 heterocycles. The highest BCUT2D eigenvalue weighted by Gasteiger charge is 2.06. The number of benzene rings is 1. The lowest BCUT2D eigenvalue weighted by Crippen LogP contribution is -2.01. The van der Waals surface area contributed by atoms with Crippen molar-refractivity contribution in [2.24, 2.45) is 0 Å². The summed E-state index contributed by atoms with van der Waals surface area (Å²) in [6.45, 7) is 2.55. The monoisotopic (exact) mass is 184 g/mol. The van der Waals surface area contributed by atoms with Gasteiger partial charge in [-0.05, 0) is 6.92 Å². The smallest absolute Gasteiger partial charge is 0.148 e. The molecule has 0 atom stereocenters. The van der Waals surface area contributed by atoms with Crippen LogP contribution in [0.25, 0.3) is 0 Å². The largest absolute Gasteiger partial charge is 0.495 e. The second-order valence-electron chi connectivity index (χ2n) is 2.60. The molecule has 72 valence electrons. The fourth-order valence-electron chi connectivity index (χ4n) is 1.07. The maximum atomic E-state index is 13.2. The van der Waals surface area contributed by atoms with Crippen LogP contribution in [-0.4, -0.2) is 13.7 Å². The number of rotatable bonds is 3. The normalized spacial score (nSPS) is 9.77. The second kappa shape index (κ2) is 3.98. The highest BCUT2D eigenvalue weighted by Crippen LogP contribution is 2.27. The first-order valence-electron chi connectivity index (χ1n) is 4.06. The summed E-state index contributed by atoms with van der Waals surface area (Å²) in [5.74, 6) is 0.123. The van der Waals surface area contributed by atoms with Gasteiger partial charge in [0, 0.05) is 18.7 Å². The molecule has 0 bridgehead atoms. The number of nitrogens with one attached hydrogen (secondary N) is 1. The van der Waals surface area contributed by atoms with Crippen LogP contribution in [0, 0.1) is 5.82 Å². The Hall–Kier alpha value is -1.45. The number of nitrogen functional groups attached to an aromatic ring is 1. The predicted octanol–water partition coefficient (Wildman–Crippen LogP) is 1.85. The van der Waals surface area contributed by atoms with Crippen molar-refractivity contribution in [2.45, 2.75) is 6.92 Å². The average molecular weight is 184 g/mol. The lowest BCUT2D eigenvalue weighted by atomic mass is 10.2. The maximum Gasteiger partial charge on any atom is 0.148 e. The third kappa shape index (κ3) is 2.02. The molecule has 0 aliphatic carbocycles. The van der Waals surface area contributed by atoms with Crippen molar-refractivity contribution >= 4 is 11.4 Å². The van der Waals surface area contributed by atoms with Crippen LogP contribution in [0.5, 0.6) is 5.75 Å². The first kappa shape index (κ1) is 9.64. The fourth-order valence-corrected chi connectivity index (χ4v) is 1.07. The van der Waals surface area contributed by atoms with Crippen molar-refractivity contribution in [2.75, 3.05) is 24.7 Å². The maximum absolute atomic E-state index is 13.2. The molecule has 0 radical (unpaired) electrons. The Morgan fingerprint density at radius 1 is 1.54 bits per heavy atom. The summed E-state index contributed by atoms with van der Waals surface area (Å²) >= 11 is 0. The lowest BCUT2D eigenvalue weighted by molar-refractivity contribution is 0.416. The van der Waals surface area contributed by atoms with E-state index in [9.17, 15) is 4.39 Å². The minimum atomic E-state index is -0.361. The van der Waals surface area contributed by atoms with Crippen LogP contribution in [0.15, 0.2) is 12.1 Å². The zero-order valence-electron chi connectivity index (χ0n) is 7.73. The first-order chi connectivity index (χ1) is 6.19. The molecule has 4 heteroatoms. The number of hydrogen-bond acceptors (Lipinski definition) is 3. The summed E-state index contributed by atoms with van der Waals surface area (Å²) in [4.78, 5) is 0. The average Bonchev–Trinajstić information content (AvgIpc) is 2.10. The first-order valence-corrected chi connectivity index (χ1v) is 4.06. The zero-order valence-corrected chi connectivity index (χ0v) is 7.73. The van der Waals surface area contributed by atoms with Crippen molar-refractivity contribution in [3.63, 3.8) is 0 Å². The third-order valence-corrected chi connectivity index (χ3v) is 1.69. The van der Waals surface area contributed by atoms with E-state index < -0.39 is 0 Å². The van der Waals surface area contributed by atoms with Crippen LogP contribution in [0.3, 0.4) is 0 Å². The van der Waals surface area contributed by atoms with E-state index in [1.807, 2.05) is 6.92 Å². The summed E-state index contributed by atoms with van der Waals surface area (Å²) in [5, 5.41) is 2.87. The fraction of sp³-hybridized carbons (Fsp3) is 0.333. The Labute approximate surface area is 76.7 Å². The van der Waals surface area contributed by atoms with E-state index >= 15 is 0 Å². The number of methoxy groups -OCH3 is 1. The van der Waals surface area contributed by atoms with Crippen molar-refractivity contribution in [3.05, 3.63) is 17.9 Å². The van der Waals surface area contributed by atoms with Gasteiger partial charge in [-0.25, -0.2) is 4.39 Å². The van der Waals surface area contributed by atoms with E-state index in [0.29, 0.717) is 23.7 Å². The number of nitrogens with two attached hydrogens (primary N) is 1. The molecule has 1 rings (SSSR count). The molecular formula is C9H13FN2O. The molecule has 0 aliphatic heterocycles. The lowest BCUT2D eigenvalue weighted by Gasteiger charge is -2.09. The van der Waals surface area contributed by atoms with Crippen molar-refractivity contribution in [1.82, 2.24) is 0 Å². The molecule has 3 nitrogen and oxygen atoms in total. The molecule has 0 amide bonds. The summed E-state index contributed by atoms with van der Waals surface area (Å²) in [7, 11) is 1.50. The Bertz CT molecular complexity index is 302. The molecule has 1 aromatic rings. The van der Waals surface area contributed by atoms with E-state index in [-0.39, 0.29) is 5.82 Å². The van der Waals surface area contributed by atoms with Crippen molar-refractivity contribution in [1.29, 1.82) is 0 Å². The Balaban J connectivity index is 3.06. The SMILES string of the molecule is CCNc1cc(OC)c(N)cc1F. The van der Waals surface area contributed by atoms with Gasteiger partial charge < -0.3 is 15.8 Å². The molecule has 1 aromatic carbocycles. The van der Waals surface area contributed by atoms with Crippen LogP contribution in [0.2, 0.25) is 0 Å². The molecule has 0 aromatic heterocycles. The molecule has 0 saturated heterocycles. The standard InChI is InChI=1S/C9H13FN2O/c1-3-12-8-5-9(13-2)7(11)4-6(8)10/h4-5,12H,3,11H2,1-2H3. The molecule has 0 saturated carbocycles. The molecule has 13 heavy (non-hydrogen) atoms. The molecular weight excluding hydrogens is 171 g/mol. The van der Waals surface area contributed by atoms with Crippen LogP contribution in [0.4, 0.5) is 15.8 Å². The van der Waals surface area contributed by atoms with Crippen LogP contribution in [-0.2, 0) is 0 Å². The van der Waals surface area contributed by atoms with Crippen molar-refractivity contribution < 1.29 is 9.13 Å². The van der Waals surface area contributed by atoms with Crippen LogP contribution in [0.1, 0.15) is 6.92 Å². The predicted molar refractivity (Wildman–Crippen MR) is 51.5 cm³/mol.